The van der Waals surface area contributed by atoms with Crippen LogP contribution < -0.4 is 10.1 Å². The number of thiophene rings is 1. The Bertz CT molecular complexity index is 907. The van der Waals surface area contributed by atoms with Crippen molar-refractivity contribution in [2.45, 2.75) is 6.04 Å². The van der Waals surface area contributed by atoms with Crippen molar-refractivity contribution in [2.75, 3.05) is 39.5 Å². The molecule has 1 N–H and O–H groups in total. The number of carbonyl (C=O) groups is 1. The van der Waals surface area contributed by atoms with E-state index in [0.29, 0.717) is 12.3 Å². The third-order valence-corrected chi connectivity index (χ3v) is 6.16. The van der Waals surface area contributed by atoms with E-state index in [0.717, 1.165) is 37.4 Å². The van der Waals surface area contributed by atoms with Gasteiger partial charge in [0.25, 0.3) is 5.91 Å². The molecule has 0 saturated carbocycles. The first-order valence-electron chi connectivity index (χ1n) is 10.2. The molecule has 1 aliphatic rings. The van der Waals surface area contributed by atoms with E-state index in [1.807, 2.05) is 42.5 Å². The number of ether oxygens (including phenoxy) is 2. The van der Waals surface area contributed by atoms with E-state index in [4.69, 9.17) is 9.47 Å². The molecule has 6 heteroatoms. The number of nitrogens with zero attached hydrogens (tertiary/aromatic N) is 1. The Morgan fingerprint density at radius 1 is 1.00 bits per heavy atom. The van der Waals surface area contributed by atoms with Gasteiger partial charge in [0.15, 0.2) is 6.61 Å². The van der Waals surface area contributed by atoms with Gasteiger partial charge in [-0.05, 0) is 34.7 Å². The van der Waals surface area contributed by atoms with Crippen molar-refractivity contribution < 1.29 is 14.3 Å². The maximum absolute atomic E-state index is 12.4. The Morgan fingerprint density at radius 3 is 2.43 bits per heavy atom. The standard InChI is InChI=1S/C24H26N2O3S/c27-24(18-29-21-10-8-20(9-11-21)19-5-2-1-3-6-19)25-17-22(23-7-4-16-30-23)26-12-14-28-15-13-26/h1-11,16,22H,12-15,17-18H2,(H,25,27)/t22-/m0/s1. The summed E-state index contributed by atoms with van der Waals surface area (Å²) in [5.74, 6) is 0.574. The fourth-order valence-electron chi connectivity index (χ4n) is 3.56. The van der Waals surface area contributed by atoms with Gasteiger partial charge in [-0.25, -0.2) is 0 Å². The molecule has 30 heavy (non-hydrogen) atoms. The number of rotatable bonds is 8. The molecular formula is C24H26N2O3S. The van der Waals surface area contributed by atoms with E-state index in [1.54, 1.807) is 11.3 Å². The fourth-order valence-corrected chi connectivity index (χ4v) is 4.43. The minimum absolute atomic E-state index is 0.00492. The van der Waals surface area contributed by atoms with Crippen LogP contribution in [0.25, 0.3) is 11.1 Å². The molecule has 5 nitrogen and oxygen atoms in total. The molecule has 1 amide bonds. The van der Waals surface area contributed by atoms with E-state index in [9.17, 15) is 4.79 Å². The Morgan fingerprint density at radius 2 is 1.73 bits per heavy atom. The summed E-state index contributed by atoms with van der Waals surface area (Å²) >= 11 is 1.72. The molecule has 0 radical (unpaired) electrons. The monoisotopic (exact) mass is 422 g/mol. The fraction of sp³-hybridized carbons (Fsp3) is 0.292. The minimum Gasteiger partial charge on any atom is -0.484 e. The zero-order chi connectivity index (χ0) is 20.6. The summed E-state index contributed by atoms with van der Waals surface area (Å²) in [6.07, 6.45) is 0. The molecule has 3 aromatic rings. The first kappa shape index (κ1) is 20.6. The largest absolute Gasteiger partial charge is 0.484 e. The second-order valence-electron chi connectivity index (χ2n) is 7.16. The molecule has 0 bridgehead atoms. The van der Waals surface area contributed by atoms with Crippen LogP contribution in [0, 0.1) is 0 Å². The summed E-state index contributed by atoms with van der Waals surface area (Å²) in [6, 6.07) is 22.3. The van der Waals surface area contributed by atoms with E-state index in [1.165, 1.54) is 4.88 Å². The lowest BCUT2D eigenvalue weighted by Crippen LogP contribution is -2.44. The number of nitrogens with one attached hydrogen (secondary N) is 1. The zero-order valence-corrected chi connectivity index (χ0v) is 17.6. The molecule has 1 atom stereocenters. The predicted octanol–water partition coefficient (Wildman–Crippen LogP) is 3.98. The Balaban J connectivity index is 1.28. The molecule has 0 spiro atoms. The van der Waals surface area contributed by atoms with E-state index < -0.39 is 0 Å². The Labute approximate surface area is 181 Å². The van der Waals surface area contributed by atoms with Gasteiger partial charge in [0, 0.05) is 24.5 Å². The van der Waals surface area contributed by atoms with E-state index >= 15 is 0 Å². The van der Waals surface area contributed by atoms with Crippen molar-refractivity contribution in [1.29, 1.82) is 0 Å². The number of carbonyl (C=O) groups excluding carboxylic acids is 1. The van der Waals surface area contributed by atoms with Gasteiger partial charge in [-0.15, -0.1) is 11.3 Å². The van der Waals surface area contributed by atoms with Gasteiger partial charge in [0.1, 0.15) is 5.75 Å². The SMILES string of the molecule is O=C(COc1ccc(-c2ccccc2)cc1)NC[C@@H](c1cccs1)N1CCOCC1. The topological polar surface area (TPSA) is 50.8 Å². The van der Waals surface area contributed by atoms with Gasteiger partial charge in [-0.3, -0.25) is 9.69 Å². The van der Waals surface area contributed by atoms with Gasteiger partial charge in [-0.2, -0.15) is 0 Å². The highest BCUT2D eigenvalue weighted by atomic mass is 32.1. The molecule has 2 heterocycles. The molecular weight excluding hydrogens is 396 g/mol. The van der Waals surface area contributed by atoms with Crippen LogP contribution in [-0.2, 0) is 9.53 Å². The van der Waals surface area contributed by atoms with Crippen LogP contribution in [0.15, 0.2) is 72.1 Å². The second kappa shape index (κ2) is 10.4. The maximum atomic E-state index is 12.4. The molecule has 1 aliphatic heterocycles. The molecule has 1 saturated heterocycles. The molecule has 1 aromatic heterocycles. The van der Waals surface area contributed by atoms with Crippen LogP contribution in [0.5, 0.6) is 5.75 Å². The number of morpholine rings is 1. The van der Waals surface area contributed by atoms with Crippen molar-refractivity contribution in [3.8, 4) is 16.9 Å². The molecule has 1 fully saturated rings. The zero-order valence-electron chi connectivity index (χ0n) is 16.8. The van der Waals surface area contributed by atoms with Crippen molar-refractivity contribution in [3.05, 3.63) is 77.0 Å². The number of hydrogen-bond acceptors (Lipinski definition) is 5. The normalized spacial score (nSPS) is 15.5. The van der Waals surface area contributed by atoms with Crippen molar-refractivity contribution in [2.24, 2.45) is 0 Å². The van der Waals surface area contributed by atoms with Crippen molar-refractivity contribution >= 4 is 17.2 Å². The van der Waals surface area contributed by atoms with E-state index in [2.05, 4.69) is 39.9 Å². The van der Waals surface area contributed by atoms with Crippen LogP contribution in [0.4, 0.5) is 0 Å². The van der Waals surface area contributed by atoms with Gasteiger partial charge < -0.3 is 14.8 Å². The van der Waals surface area contributed by atoms with Crippen LogP contribution >= 0.6 is 11.3 Å². The summed E-state index contributed by atoms with van der Waals surface area (Å²) in [7, 11) is 0. The lowest BCUT2D eigenvalue weighted by molar-refractivity contribution is -0.123. The van der Waals surface area contributed by atoms with Crippen LogP contribution in [0.3, 0.4) is 0 Å². The first-order chi connectivity index (χ1) is 14.8. The number of benzene rings is 2. The average molecular weight is 423 g/mol. The summed E-state index contributed by atoms with van der Waals surface area (Å²) in [5, 5.41) is 5.11. The first-order valence-corrected chi connectivity index (χ1v) is 11.1. The minimum atomic E-state index is -0.114. The number of hydrogen-bond donors (Lipinski definition) is 1. The van der Waals surface area contributed by atoms with Gasteiger partial charge in [0.05, 0.1) is 19.3 Å². The third-order valence-electron chi connectivity index (χ3n) is 5.18. The molecule has 2 aromatic carbocycles. The highest BCUT2D eigenvalue weighted by molar-refractivity contribution is 7.10. The van der Waals surface area contributed by atoms with Gasteiger partial charge in [-0.1, -0.05) is 48.5 Å². The second-order valence-corrected chi connectivity index (χ2v) is 8.14. The smallest absolute Gasteiger partial charge is 0.258 e. The molecule has 0 unspecified atom stereocenters. The van der Waals surface area contributed by atoms with Crippen molar-refractivity contribution in [3.63, 3.8) is 0 Å². The molecule has 4 rings (SSSR count). The molecule has 156 valence electrons. The average Bonchev–Trinajstić information content (AvgIpc) is 3.34. The maximum Gasteiger partial charge on any atom is 0.258 e. The van der Waals surface area contributed by atoms with Crippen LogP contribution in [-0.4, -0.2) is 50.3 Å². The van der Waals surface area contributed by atoms with Crippen LogP contribution in [0.1, 0.15) is 10.9 Å². The Kier molecular flexibility index (Phi) is 7.13. The predicted molar refractivity (Wildman–Crippen MR) is 120 cm³/mol. The quantitative estimate of drug-likeness (QED) is 0.597. The lowest BCUT2D eigenvalue weighted by Gasteiger charge is -2.34. The van der Waals surface area contributed by atoms with E-state index in [-0.39, 0.29) is 18.6 Å². The Hall–Kier alpha value is -2.67. The summed E-state index contributed by atoms with van der Waals surface area (Å²) in [4.78, 5) is 16.0. The van der Waals surface area contributed by atoms with Crippen molar-refractivity contribution in [1.82, 2.24) is 10.2 Å². The van der Waals surface area contributed by atoms with Crippen LogP contribution in [0.2, 0.25) is 0 Å². The number of amides is 1. The van der Waals surface area contributed by atoms with Gasteiger partial charge in [0.2, 0.25) is 0 Å². The summed E-state index contributed by atoms with van der Waals surface area (Å²) < 4.78 is 11.2. The lowest BCUT2D eigenvalue weighted by atomic mass is 10.1. The highest BCUT2D eigenvalue weighted by Gasteiger charge is 2.24. The summed E-state index contributed by atoms with van der Waals surface area (Å²) in [5.41, 5.74) is 2.28. The highest BCUT2D eigenvalue weighted by Crippen LogP contribution is 2.25. The van der Waals surface area contributed by atoms with Gasteiger partial charge >= 0.3 is 0 Å². The summed E-state index contributed by atoms with van der Waals surface area (Å²) in [6.45, 7) is 3.79. The molecule has 0 aliphatic carbocycles. The third kappa shape index (κ3) is 5.48.